The lowest BCUT2D eigenvalue weighted by Crippen LogP contribution is -2.47. The Kier molecular flexibility index (Phi) is 5.91. The zero-order chi connectivity index (χ0) is 12.9. The fourth-order valence-electron chi connectivity index (χ4n) is 3.20. The fourth-order valence-corrected chi connectivity index (χ4v) is 3.20. The van der Waals surface area contributed by atoms with Gasteiger partial charge < -0.3 is 0 Å². The van der Waals surface area contributed by atoms with Crippen LogP contribution in [0, 0.1) is 0 Å². The SMILES string of the molecule is CCCCCC(CC)N1CCC[C@H]1C(C)(C)F. The highest BCUT2D eigenvalue weighted by Crippen LogP contribution is 2.33. The van der Waals surface area contributed by atoms with Gasteiger partial charge in [-0.3, -0.25) is 4.90 Å². The standard InChI is InChI=1S/C15H30FN/c1-5-7-8-10-13(6-2)17-12-9-11-14(17)15(3,4)16/h13-14H,5-12H2,1-4H3/t13?,14-/m0/s1. The monoisotopic (exact) mass is 243 g/mol. The van der Waals surface area contributed by atoms with Crippen LogP contribution in [-0.2, 0) is 0 Å². The molecule has 102 valence electrons. The number of alkyl halides is 1. The Balaban J connectivity index is 2.54. The van der Waals surface area contributed by atoms with Crippen molar-refractivity contribution < 1.29 is 4.39 Å². The van der Waals surface area contributed by atoms with Crippen LogP contribution in [-0.4, -0.2) is 29.2 Å². The second-order valence-electron chi connectivity index (χ2n) is 6.02. The molecule has 1 aliphatic heterocycles. The summed E-state index contributed by atoms with van der Waals surface area (Å²) in [6.07, 6.45) is 8.50. The molecule has 0 aromatic carbocycles. The Hall–Kier alpha value is -0.110. The van der Waals surface area contributed by atoms with Crippen LogP contribution in [0.1, 0.15) is 72.6 Å². The van der Waals surface area contributed by atoms with Crippen molar-refractivity contribution in [3.63, 3.8) is 0 Å². The minimum absolute atomic E-state index is 0.147. The van der Waals surface area contributed by atoms with Crippen molar-refractivity contribution in [2.24, 2.45) is 0 Å². The van der Waals surface area contributed by atoms with Crippen LogP contribution >= 0.6 is 0 Å². The Morgan fingerprint density at radius 3 is 2.53 bits per heavy atom. The van der Waals surface area contributed by atoms with E-state index in [-0.39, 0.29) is 6.04 Å². The maximum absolute atomic E-state index is 14.2. The van der Waals surface area contributed by atoms with E-state index in [4.69, 9.17) is 0 Å². The van der Waals surface area contributed by atoms with Crippen molar-refractivity contribution in [3.8, 4) is 0 Å². The molecule has 0 aromatic rings. The third-order valence-corrected chi connectivity index (χ3v) is 4.17. The van der Waals surface area contributed by atoms with Crippen molar-refractivity contribution in [3.05, 3.63) is 0 Å². The molecule has 0 spiro atoms. The minimum Gasteiger partial charge on any atom is -0.294 e. The first-order valence-corrected chi connectivity index (χ1v) is 7.45. The first kappa shape index (κ1) is 14.9. The van der Waals surface area contributed by atoms with Crippen molar-refractivity contribution in [2.45, 2.75) is 90.4 Å². The highest BCUT2D eigenvalue weighted by molar-refractivity contribution is 4.93. The molecule has 0 bridgehead atoms. The summed E-state index contributed by atoms with van der Waals surface area (Å²) in [5.74, 6) is 0. The molecule has 1 unspecified atom stereocenters. The van der Waals surface area contributed by atoms with Crippen molar-refractivity contribution >= 4 is 0 Å². The zero-order valence-electron chi connectivity index (χ0n) is 12.1. The molecule has 1 aliphatic rings. The topological polar surface area (TPSA) is 3.24 Å². The number of nitrogens with zero attached hydrogens (tertiary/aromatic N) is 1. The summed E-state index contributed by atoms with van der Waals surface area (Å²) in [6.45, 7) is 9.08. The molecule has 0 N–H and O–H groups in total. The molecule has 2 atom stereocenters. The smallest absolute Gasteiger partial charge is 0.120 e. The summed E-state index contributed by atoms with van der Waals surface area (Å²) >= 11 is 0. The van der Waals surface area contributed by atoms with Gasteiger partial charge in [0.25, 0.3) is 0 Å². The molecule has 1 fully saturated rings. The molecule has 2 heteroatoms. The van der Waals surface area contributed by atoms with Gasteiger partial charge in [-0.2, -0.15) is 0 Å². The Morgan fingerprint density at radius 2 is 2.00 bits per heavy atom. The van der Waals surface area contributed by atoms with Crippen LogP contribution in [0.2, 0.25) is 0 Å². The van der Waals surface area contributed by atoms with Gasteiger partial charge >= 0.3 is 0 Å². The third-order valence-electron chi connectivity index (χ3n) is 4.17. The number of halogens is 1. The molecular formula is C15H30FN. The first-order valence-electron chi connectivity index (χ1n) is 7.45. The summed E-state index contributed by atoms with van der Waals surface area (Å²) in [5.41, 5.74) is -1.05. The van der Waals surface area contributed by atoms with Gasteiger partial charge in [-0.05, 0) is 46.1 Å². The van der Waals surface area contributed by atoms with Gasteiger partial charge in [-0.15, -0.1) is 0 Å². The van der Waals surface area contributed by atoms with E-state index < -0.39 is 5.67 Å². The Labute approximate surface area is 107 Å². The summed E-state index contributed by atoms with van der Waals surface area (Å²) < 4.78 is 14.2. The molecule has 1 nitrogen and oxygen atoms in total. The van der Waals surface area contributed by atoms with Crippen molar-refractivity contribution in [1.82, 2.24) is 4.90 Å². The summed E-state index contributed by atoms with van der Waals surface area (Å²) in [5, 5.41) is 0. The number of hydrogen-bond donors (Lipinski definition) is 0. The van der Waals surface area contributed by atoms with E-state index in [0.29, 0.717) is 6.04 Å². The highest BCUT2D eigenvalue weighted by Gasteiger charge is 2.39. The average Bonchev–Trinajstić information content (AvgIpc) is 2.73. The molecular weight excluding hydrogens is 213 g/mol. The molecule has 1 saturated heterocycles. The van der Waals surface area contributed by atoms with E-state index >= 15 is 0 Å². The first-order chi connectivity index (χ1) is 8.00. The highest BCUT2D eigenvalue weighted by atomic mass is 19.1. The lowest BCUT2D eigenvalue weighted by Gasteiger charge is -2.37. The predicted molar refractivity (Wildman–Crippen MR) is 73.1 cm³/mol. The van der Waals surface area contributed by atoms with Gasteiger partial charge in [0.15, 0.2) is 0 Å². The van der Waals surface area contributed by atoms with E-state index in [0.717, 1.165) is 19.4 Å². The van der Waals surface area contributed by atoms with Gasteiger partial charge in [-0.25, -0.2) is 4.39 Å². The van der Waals surface area contributed by atoms with E-state index in [2.05, 4.69) is 18.7 Å². The van der Waals surface area contributed by atoms with Gasteiger partial charge in [0.2, 0.25) is 0 Å². The molecule has 0 saturated carbocycles. The number of likely N-dealkylation sites (tertiary alicyclic amines) is 1. The fraction of sp³-hybridized carbons (Fsp3) is 1.00. The van der Waals surface area contributed by atoms with E-state index in [1.165, 1.54) is 32.1 Å². The van der Waals surface area contributed by atoms with E-state index in [1.54, 1.807) is 13.8 Å². The molecule has 0 aliphatic carbocycles. The average molecular weight is 243 g/mol. The quantitative estimate of drug-likeness (QED) is 0.593. The minimum atomic E-state index is -1.05. The summed E-state index contributed by atoms with van der Waals surface area (Å²) in [7, 11) is 0. The molecule has 0 radical (unpaired) electrons. The van der Waals surface area contributed by atoms with Crippen LogP contribution in [0.15, 0.2) is 0 Å². The Morgan fingerprint density at radius 1 is 1.29 bits per heavy atom. The molecule has 0 aromatic heterocycles. The second kappa shape index (κ2) is 6.72. The van der Waals surface area contributed by atoms with Gasteiger partial charge in [-0.1, -0.05) is 33.1 Å². The largest absolute Gasteiger partial charge is 0.294 e. The maximum Gasteiger partial charge on any atom is 0.120 e. The Bertz CT molecular complexity index is 209. The van der Waals surface area contributed by atoms with Crippen LogP contribution in [0.5, 0.6) is 0 Å². The molecule has 1 heterocycles. The van der Waals surface area contributed by atoms with Crippen LogP contribution in [0.4, 0.5) is 4.39 Å². The van der Waals surface area contributed by atoms with Crippen LogP contribution in [0.25, 0.3) is 0 Å². The van der Waals surface area contributed by atoms with Crippen molar-refractivity contribution in [1.29, 1.82) is 0 Å². The second-order valence-corrected chi connectivity index (χ2v) is 6.02. The van der Waals surface area contributed by atoms with E-state index in [1.807, 2.05) is 0 Å². The number of rotatable bonds is 7. The van der Waals surface area contributed by atoms with Gasteiger partial charge in [0, 0.05) is 12.1 Å². The lowest BCUT2D eigenvalue weighted by atomic mass is 9.95. The summed E-state index contributed by atoms with van der Waals surface area (Å²) in [4.78, 5) is 2.45. The van der Waals surface area contributed by atoms with Crippen molar-refractivity contribution in [2.75, 3.05) is 6.54 Å². The maximum atomic E-state index is 14.2. The van der Waals surface area contributed by atoms with Gasteiger partial charge in [0.05, 0.1) is 0 Å². The normalized spacial score (nSPS) is 24.2. The zero-order valence-corrected chi connectivity index (χ0v) is 12.1. The molecule has 0 amide bonds. The van der Waals surface area contributed by atoms with Crippen LogP contribution < -0.4 is 0 Å². The molecule has 1 rings (SSSR count). The van der Waals surface area contributed by atoms with E-state index in [9.17, 15) is 4.39 Å². The summed E-state index contributed by atoms with van der Waals surface area (Å²) in [6, 6.07) is 0.748. The van der Waals surface area contributed by atoms with Crippen LogP contribution in [0.3, 0.4) is 0 Å². The van der Waals surface area contributed by atoms with Gasteiger partial charge in [0.1, 0.15) is 5.67 Å². The number of hydrogen-bond acceptors (Lipinski definition) is 1. The lowest BCUT2D eigenvalue weighted by molar-refractivity contribution is 0.0465. The predicted octanol–water partition coefficient (Wildman–Crippen LogP) is 4.56. The molecule has 17 heavy (non-hydrogen) atoms. The number of unbranched alkanes of at least 4 members (excludes halogenated alkanes) is 2. The third kappa shape index (κ3) is 4.24.